The van der Waals surface area contributed by atoms with Gasteiger partial charge < -0.3 is 5.32 Å². The Balaban J connectivity index is 2.67. The zero-order valence-electron chi connectivity index (χ0n) is 7.70. The van der Waals surface area contributed by atoms with Crippen molar-refractivity contribution < 1.29 is 0 Å². The van der Waals surface area contributed by atoms with Crippen LogP contribution in [0.4, 0.5) is 0 Å². The molecular weight excluding hydrogens is 178 g/mol. The van der Waals surface area contributed by atoms with E-state index in [2.05, 4.69) is 20.5 Å². The zero-order valence-corrected chi connectivity index (χ0v) is 7.70. The van der Waals surface area contributed by atoms with Crippen LogP contribution in [0.2, 0.25) is 0 Å². The molecule has 5 nitrogen and oxygen atoms in total. The first kappa shape index (κ1) is 8.66. The number of nitriles is 1. The van der Waals surface area contributed by atoms with Crippen molar-refractivity contribution in [1.82, 2.24) is 20.5 Å². The predicted octanol–water partition coefficient (Wildman–Crippen LogP) is 0.549. The highest BCUT2D eigenvalue weighted by atomic mass is 15.1. The van der Waals surface area contributed by atoms with Crippen molar-refractivity contribution >= 4 is 10.9 Å². The highest BCUT2D eigenvalue weighted by Crippen LogP contribution is 2.17. The molecule has 0 radical (unpaired) electrons. The summed E-state index contributed by atoms with van der Waals surface area (Å²) in [5.74, 6) is 0. The molecule has 0 aromatic carbocycles. The van der Waals surface area contributed by atoms with Gasteiger partial charge in [-0.05, 0) is 7.05 Å². The van der Waals surface area contributed by atoms with Crippen molar-refractivity contribution in [2.24, 2.45) is 0 Å². The highest BCUT2D eigenvalue weighted by Gasteiger charge is 2.07. The van der Waals surface area contributed by atoms with Gasteiger partial charge in [0.05, 0.1) is 17.1 Å². The number of fused-ring (bicyclic) bond motifs is 1. The first-order valence-corrected chi connectivity index (χ1v) is 4.22. The van der Waals surface area contributed by atoms with Gasteiger partial charge in [-0.1, -0.05) is 0 Å². The molecule has 0 unspecified atom stereocenters. The Labute approximate surface area is 80.8 Å². The number of aromatic amines is 1. The van der Waals surface area contributed by atoms with Gasteiger partial charge in [-0.3, -0.25) is 5.10 Å². The number of hydrogen-bond acceptors (Lipinski definition) is 4. The normalized spacial score (nSPS) is 10.3. The molecule has 0 spiro atoms. The molecule has 0 aliphatic heterocycles. The van der Waals surface area contributed by atoms with E-state index in [1.54, 1.807) is 12.4 Å². The van der Waals surface area contributed by atoms with Gasteiger partial charge in [-0.15, -0.1) is 0 Å². The minimum Gasteiger partial charge on any atom is -0.316 e. The summed E-state index contributed by atoms with van der Waals surface area (Å²) in [6.45, 7) is 0.706. The SMILES string of the molecule is CNCc1cnc(C#N)c2cn[nH]c12. The molecule has 2 aromatic heterocycles. The topological polar surface area (TPSA) is 77.4 Å². The van der Waals surface area contributed by atoms with Crippen molar-refractivity contribution in [3.8, 4) is 6.07 Å². The maximum atomic E-state index is 8.80. The van der Waals surface area contributed by atoms with Crippen LogP contribution in [0.3, 0.4) is 0 Å². The Morgan fingerprint density at radius 2 is 2.43 bits per heavy atom. The molecule has 0 aliphatic carbocycles. The number of aromatic nitrogens is 3. The second kappa shape index (κ2) is 3.44. The smallest absolute Gasteiger partial charge is 0.151 e. The van der Waals surface area contributed by atoms with Crippen LogP contribution in [0.25, 0.3) is 10.9 Å². The summed E-state index contributed by atoms with van der Waals surface area (Å²) in [7, 11) is 1.86. The van der Waals surface area contributed by atoms with E-state index in [9.17, 15) is 0 Å². The average molecular weight is 187 g/mol. The van der Waals surface area contributed by atoms with Gasteiger partial charge >= 0.3 is 0 Å². The largest absolute Gasteiger partial charge is 0.316 e. The summed E-state index contributed by atoms with van der Waals surface area (Å²) in [4.78, 5) is 4.06. The monoisotopic (exact) mass is 187 g/mol. The Morgan fingerprint density at radius 1 is 1.57 bits per heavy atom. The third kappa shape index (κ3) is 1.22. The zero-order chi connectivity index (χ0) is 9.97. The van der Waals surface area contributed by atoms with Gasteiger partial charge in [0.25, 0.3) is 0 Å². The minimum absolute atomic E-state index is 0.411. The summed E-state index contributed by atoms with van der Waals surface area (Å²) in [6, 6.07) is 2.03. The van der Waals surface area contributed by atoms with Gasteiger partial charge in [-0.2, -0.15) is 10.4 Å². The van der Waals surface area contributed by atoms with Crippen LogP contribution in [0.1, 0.15) is 11.3 Å². The molecule has 0 aliphatic rings. The van der Waals surface area contributed by atoms with Crippen LogP contribution in [0.5, 0.6) is 0 Å². The molecule has 2 aromatic rings. The van der Waals surface area contributed by atoms with Crippen molar-refractivity contribution in [3.05, 3.63) is 23.7 Å². The number of hydrogen-bond donors (Lipinski definition) is 2. The lowest BCUT2D eigenvalue weighted by molar-refractivity contribution is 0.817. The summed E-state index contributed by atoms with van der Waals surface area (Å²) >= 11 is 0. The molecule has 70 valence electrons. The predicted molar refractivity (Wildman–Crippen MR) is 51.4 cm³/mol. The molecular formula is C9H9N5. The van der Waals surface area contributed by atoms with Crippen LogP contribution >= 0.6 is 0 Å². The van der Waals surface area contributed by atoms with Gasteiger partial charge in [0.1, 0.15) is 6.07 Å². The summed E-state index contributed by atoms with van der Waals surface area (Å²) in [5, 5.41) is 19.4. The van der Waals surface area contributed by atoms with Gasteiger partial charge in [0.2, 0.25) is 0 Å². The lowest BCUT2D eigenvalue weighted by atomic mass is 10.2. The highest BCUT2D eigenvalue weighted by molar-refractivity contribution is 5.85. The molecule has 0 atom stereocenters. The number of nitrogens with zero attached hydrogens (tertiary/aromatic N) is 3. The second-order valence-corrected chi connectivity index (χ2v) is 2.93. The molecule has 0 saturated heterocycles. The Morgan fingerprint density at radius 3 is 3.14 bits per heavy atom. The maximum Gasteiger partial charge on any atom is 0.151 e. The number of H-pyrrole nitrogens is 1. The number of pyridine rings is 1. The van der Waals surface area contributed by atoms with E-state index in [4.69, 9.17) is 5.26 Å². The van der Waals surface area contributed by atoms with E-state index >= 15 is 0 Å². The van der Waals surface area contributed by atoms with E-state index in [1.807, 2.05) is 13.1 Å². The van der Waals surface area contributed by atoms with E-state index in [0.717, 1.165) is 16.5 Å². The van der Waals surface area contributed by atoms with E-state index < -0.39 is 0 Å². The van der Waals surface area contributed by atoms with Crippen molar-refractivity contribution in [2.75, 3.05) is 7.05 Å². The third-order valence-electron chi connectivity index (χ3n) is 2.04. The van der Waals surface area contributed by atoms with Crippen molar-refractivity contribution in [3.63, 3.8) is 0 Å². The first-order valence-electron chi connectivity index (χ1n) is 4.22. The van der Waals surface area contributed by atoms with Crippen LogP contribution in [-0.2, 0) is 6.54 Å². The Kier molecular flexibility index (Phi) is 2.13. The third-order valence-corrected chi connectivity index (χ3v) is 2.04. The fourth-order valence-electron chi connectivity index (χ4n) is 1.40. The Bertz CT molecular complexity index is 493. The van der Waals surface area contributed by atoms with Crippen LogP contribution in [0, 0.1) is 11.3 Å². The van der Waals surface area contributed by atoms with E-state index in [1.165, 1.54) is 0 Å². The lowest BCUT2D eigenvalue weighted by Gasteiger charge is -2.01. The fourth-order valence-corrected chi connectivity index (χ4v) is 1.40. The quantitative estimate of drug-likeness (QED) is 0.719. The lowest BCUT2D eigenvalue weighted by Crippen LogP contribution is -2.06. The molecule has 0 bridgehead atoms. The molecule has 14 heavy (non-hydrogen) atoms. The molecule has 0 saturated carbocycles. The van der Waals surface area contributed by atoms with Crippen LogP contribution < -0.4 is 5.32 Å². The Hall–Kier alpha value is -1.93. The van der Waals surface area contributed by atoms with Gasteiger partial charge in [0, 0.05) is 18.3 Å². The van der Waals surface area contributed by atoms with E-state index in [-0.39, 0.29) is 0 Å². The number of rotatable bonds is 2. The van der Waals surface area contributed by atoms with Crippen molar-refractivity contribution in [1.29, 1.82) is 5.26 Å². The minimum atomic E-state index is 0.411. The van der Waals surface area contributed by atoms with E-state index in [0.29, 0.717) is 12.2 Å². The first-order chi connectivity index (χ1) is 6.86. The molecule has 2 heterocycles. The molecule has 0 fully saturated rings. The standard InChI is InChI=1S/C9H9N5/c1-11-3-6-4-12-8(2-10)7-5-13-14-9(6)7/h4-5,11H,3H2,1H3,(H,13,14). The molecule has 0 amide bonds. The molecule has 5 heteroatoms. The van der Waals surface area contributed by atoms with Gasteiger partial charge in [0.15, 0.2) is 5.69 Å². The van der Waals surface area contributed by atoms with Crippen molar-refractivity contribution in [2.45, 2.75) is 6.54 Å². The number of nitrogens with one attached hydrogen (secondary N) is 2. The van der Waals surface area contributed by atoms with Crippen LogP contribution in [0.15, 0.2) is 12.4 Å². The summed E-state index contributed by atoms with van der Waals surface area (Å²) in [5.41, 5.74) is 2.30. The summed E-state index contributed by atoms with van der Waals surface area (Å²) in [6.07, 6.45) is 3.32. The van der Waals surface area contributed by atoms with Gasteiger partial charge in [-0.25, -0.2) is 4.98 Å². The van der Waals surface area contributed by atoms with Crippen LogP contribution in [-0.4, -0.2) is 22.2 Å². The average Bonchev–Trinajstić information content (AvgIpc) is 2.67. The fraction of sp³-hybridized carbons (Fsp3) is 0.222. The summed E-state index contributed by atoms with van der Waals surface area (Å²) < 4.78 is 0. The molecule has 2 N–H and O–H groups in total. The second-order valence-electron chi connectivity index (χ2n) is 2.93. The molecule has 2 rings (SSSR count). The maximum absolute atomic E-state index is 8.80.